The van der Waals surface area contributed by atoms with Gasteiger partial charge in [-0.2, -0.15) is 0 Å². The summed E-state index contributed by atoms with van der Waals surface area (Å²) in [6.07, 6.45) is 0. The summed E-state index contributed by atoms with van der Waals surface area (Å²) in [5.41, 5.74) is 3.50. The molecule has 1 rings (SSSR count). The number of carbonyl (C=O) groups is 1. The number of nitrogen functional groups attached to an aromatic ring is 1. The Morgan fingerprint density at radius 2 is 2.00 bits per heavy atom. The van der Waals surface area contributed by atoms with Gasteiger partial charge in [0.15, 0.2) is 0 Å². The van der Waals surface area contributed by atoms with Crippen LogP contribution < -0.4 is 16.6 Å². The van der Waals surface area contributed by atoms with Crippen LogP contribution in [0.4, 0.5) is 5.69 Å². The van der Waals surface area contributed by atoms with Gasteiger partial charge in [0.1, 0.15) is 0 Å². The molecule has 0 aliphatic heterocycles. The Labute approximate surface area is 106 Å². The fourth-order valence-electron chi connectivity index (χ4n) is 1.28. The standard InChI is InChI=1S/C12H18ClN3O/c1-7(2)8(3)15-12(17)10-6-9(13)4-5-11(10)16-14/h4-8,16H,14H2,1-3H3,(H,15,17). The van der Waals surface area contributed by atoms with Gasteiger partial charge in [0.25, 0.3) is 5.91 Å². The third kappa shape index (κ3) is 3.61. The number of carbonyl (C=O) groups excluding carboxylic acids is 1. The lowest BCUT2D eigenvalue weighted by Crippen LogP contribution is -2.36. The van der Waals surface area contributed by atoms with Gasteiger partial charge in [0.2, 0.25) is 0 Å². The smallest absolute Gasteiger partial charge is 0.253 e. The minimum absolute atomic E-state index is 0.0899. The second kappa shape index (κ2) is 5.89. The number of nitrogens with one attached hydrogen (secondary N) is 2. The largest absolute Gasteiger partial charge is 0.349 e. The van der Waals surface area contributed by atoms with E-state index in [0.29, 0.717) is 22.2 Å². The predicted octanol–water partition coefficient (Wildman–Crippen LogP) is 2.40. The number of hydrazine groups is 1. The topological polar surface area (TPSA) is 67.2 Å². The second-order valence-corrected chi connectivity index (χ2v) is 4.78. The number of anilines is 1. The lowest BCUT2D eigenvalue weighted by molar-refractivity contribution is 0.0931. The zero-order valence-corrected chi connectivity index (χ0v) is 11.0. The highest BCUT2D eigenvalue weighted by molar-refractivity contribution is 6.31. The van der Waals surface area contributed by atoms with Crippen molar-refractivity contribution in [3.05, 3.63) is 28.8 Å². The molecule has 0 saturated heterocycles. The first kappa shape index (κ1) is 13.8. The Morgan fingerprint density at radius 1 is 1.35 bits per heavy atom. The van der Waals surface area contributed by atoms with Gasteiger partial charge in [-0.1, -0.05) is 25.4 Å². The van der Waals surface area contributed by atoms with Crippen molar-refractivity contribution < 1.29 is 4.79 Å². The maximum Gasteiger partial charge on any atom is 0.253 e. The number of benzene rings is 1. The summed E-state index contributed by atoms with van der Waals surface area (Å²) in [6.45, 7) is 6.05. The van der Waals surface area contributed by atoms with Crippen LogP contribution in [-0.2, 0) is 0 Å². The normalized spacial score (nSPS) is 12.4. The van der Waals surface area contributed by atoms with Crippen molar-refractivity contribution >= 4 is 23.2 Å². The van der Waals surface area contributed by atoms with E-state index < -0.39 is 0 Å². The van der Waals surface area contributed by atoms with Crippen molar-refractivity contribution in [2.45, 2.75) is 26.8 Å². The maximum absolute atomic E-state index is 12.0. The van der Waals surface area contributed by atoms with Gasteiger partial charge in [-0.05, 0) is 31.0 Å². The van der Waals surface area contributed by atoms with Crippen molar-refractivity contribution in [3.63, 3.8) is 0 Å². The molecule has 0 aliphatic rings. The maximum atomic E-state index is 12.0. The lowest BCUT2D eigenvalue weighted by Gasteiger charge is -2.18. The third-order valence-corrected chi connectivity index (χ3v) is 2.98. The molecule has 0 heterocycles. The van der Waals surface area contributed by atoms with Crippen LogP contribution in [-0.4, -0.2) is 11.9 Å². The van der Waals surface area contributed by atoms with E-state index in [1.54, 1.807) is 18.2 Å². The molecule has 1 aromatic rings. The van der Waals surface area contributed by atoms with Crippen LogP contribution in [0, 0.1) is 5.92 Å². The van der Waals surface area contributed by atoms with Crippen molar-refractivity contribution in [1.82, 2.24) is 5.32 Å². The van der Waals surface area contributed by atoms with E-state index >= 15 is 0 Å². The van der Waals surface area contributed by atoms with E-state index in [4.69, 9.17) is 17.4 Å². The van der Waals surface area contributed by atoms with E-state index in [0.717, 1.165) is 0 Å². The van der Waals surface area contributed by atoms with Crippen LogP contribution in [0.5, 0.6) is 0 Å². The summed E-state index contributed by atoms with van der Waals surface area (Å²) in [5, 5.41) is 3.41. The average Bonchev–Trinajstić information content (AvgIpc) is 2.28. The van der Waals surface area contributed by atoms with Crippen molar-refractivity contribution in [3.8, 4) is 0 Å². The van der Waals surface area contributed by atoms with Crippen LogP contribution in [0.15, 0.2) is 18.2 Å². The van der Waals surface area contributed by atoms with Gasteiger partial charge in [0.05, 0.1) is 11.3 Å². The highest BCUT2D eigenvalue weighted by Gasteiger charge is 2.15. The molecule has 5 heteroatoms. The molecular formula is C12H18ClN3O. The molecule has 0 aliphatic carbocycles. The van der Waals surface area contributed by atoms with Crippen LogP contribution in [0.3, 0.4) is 0 Å². The van der Waals surface area contributed by atoms with Gasteiger partial charge < -0.3 is 10.7 Å². The zero-order chi connectivity index (χ0) is 13.0. The molecule has 0 aromatic heterocycles. The van der Waals surface area contributed by atoms with Gasteiger partial charge in [-0.25, -0.2) is 0 Å². The highest BCUT2D eigenvalue weighted by atomic mass is 35.5. The van der Waals surface area contributed by atoms with Gasteiger partial charge in [-0.3, -0.25) is 10.6 Å². The molecular weight excluding hydrogens is 238 g/mol. The summed E-state index contributed by atoms with van der Waals surface area (Å²) in [5.74, 6) is 5.54. The number of hydrogen-bond donors (Lipinski definition) is 3. The molecule has 1 unspecified atom stereocenters. The van der Waals surface area contributed by atoms with Gasteiger partial charge >= 0.3 is 0 Å². The first-order valence-corrected chi connectivity index (χ1v) is 5.90. The Balaban J connectivity index is 2.91. The third-order valence-electron chi connectivity index (χ3n) is 2.74. The van der Waals surface area contributed by atoms with Crippen molar-refractivity contribution in [1.29, 1.82) is 0 Å². The van der Waals surface area contributed by atoms with Gasteiger partial charge in [-0.15, -0.1) is 0 Å². The minimum Gasteiger partial charge on any atom is -0.349 e. The molecule has 17 heavy (non-hydrogen) atoms. The van der Waals surface area contributed by atoms with Crippen molar-refractivity contribution in [2.75, 3.05) is 5.43 Å². The molecule has 0 spiro atoms. The molecule has 1 amide bonds. The van der Waals surface area contributed by atoms with E-state index in [1.165, 1.54) is 0 Å². The molecule has 4 N–H and O–H groups in total. The summed E-state index contributed by atoms with van der Waals surface area (Å²) >= 11 is 5.87. The van der Waals surface area contributed by atoms with Crippen LogP contribution in [0.25, 0.3) is 0 Å². The second-order valence-electron chi connectivity index (χ2n) is 4.34. The summed E-state index contributed by atoms with van der Waals surface area (Å²) in [6, 6.07) is 5.04. The number of amides is 1. The number of halogens is 1. The van der Waals surface area contributed by atoms with Crippen LogP contribution >= 0.6 is 11.6 Å². The quantitative estimate of drug-likeness (QED) is 0.572. The number of nitrogens with two attached hydrogens (primary N) is 1. The molecule has 94 valence electrons. The zero-order valence-electron chi connectivity index (χ0n) is 10.3. The highest BCUT2D eigenvalue weighted by Crippen LogP contribution is 2.20. The molecule has 1 atom stereocenters. The Bertz CT molecular complexity index is 407. The van der Waals surface area contributed by atoms with Crippen LogP contribution in [0.2, 0.25) is 5.02 Å². The van der Waals surface area contributed by atoms with E-state index in [1.807, 2.05) is 20.8 Å². The molecule has 0 bridgehead atoms. The first-order chi connectivity index (χ1) is 7.95. The minimum atomic E-state index is -0.179. The van der Waals surface area contributed by atoms with Gasteiger partial charge in [0, 0.05) is 11.1 Å². The van der Waals surface area contributed by atoms with E-state index in [9.17, 15) is 4.79 Å². The molecule has 1 aromatic carbocycles. The Morgan fingerprint density at radius 3 is 2.53 bits per heavy atom. The number of hydrogen-bond acceptors (Lipinski definition) is 3. The predicted molar refractivity (Wildman–Crippen MR) is 71.0 cm³/mol. The monoisotopic (exact) mass is 255 g/mol. The molecule has 0 radical (unpaired) electrons. The van der Waals surface area contributed by atoms with E-state index in [-0.39, 0.29) is 11.9 Å². The summed E-state index contributed by atoms with van der Waals surface area (Å²) in [7, 11) is 0. The fraction of sp³-hybridized carbons (Fsp3) is 0.417. The molecule has 0 fully saturated rings. The fourth-order valence-corrected chi connectivity index (χ4v) is 1.45. The first-order valence-electron chi connectivity index (χ1n) is 5.52. The van der Waals surface area contributed by atoms with Crippen molar-refractivity contribution in [2.24, 2.45) is 11.8 Å². The lowest BCUT2D eigenvalue weighted by atomic mass is 10.1. The summed E-state index contributed by atoms with van der Waals surface area (Å²) in [4.78, 5) is 12.0. The summed E-state index contributed by atoms with van der Waals surface area (Å²) < 4.78 is 0. The average molecular weight is 256 g/mol. The Hall–Kier alpha value is -1.26. The Kier molecular flexibility index (Phi) is 4.78. The van der Waals surface area contributed by atoms with E-state index in [2.05, 4.69) is 10.7 Å². The molecule has 4 nitrogen and oxygen atoms in total. The number of rotatable bonds is 4. The molecule has 0 saturated carbocycles. The van der Waals surface area contributed by atoms with Crippen LogP contribution in [0.1, 0.15) is 31.1 Å². The SMILES string of the molecule is CC(C)C(C)NC(=O)c1cc(Cl)ccc1NN.